The Morgan fingerprint density at radius 2 is 2.22 bits per heavy atom. The number of halogens is 1. The number of hydrogen-bond donors (Lipinski definition) is 2. The van der Waals surface area contributed by atoms with Crippen LogP contribution in [0.15, 0.2) is 24.4 Å². The van der Waals surface area contributed by atoms with E-state index in [9.17, 15) is 14.9 Å². The van der Waals surface area contributed by atoms with E-state index in [1.54, 1.807) is 0 Å². The van der Waals surface area contributed by atoms with Crippen molar-refractivity contribution in [3.8, 4) is 0 Å². The number of nitrogens with zero attached hydrogens (tertiary/aromatic N) is 3. The normalized spacial score (nSPS) is 10.1. The summed E-state index contributed by atoms with van der Waals surface area (Å²) in [4.78, 5) is 25.5. The largest absolute Gasteiger partial charge is 0.311 e. The molecular weight excluding hydrogens is 262 g/mol. The van der Waals surface area contributed by atoms with Gasteiger partial charge in [0, 0.05) is 12.3 Å². The highest BCUT2D eigenvalue weighted by molar-refractivity contribution is 6.29. The van der Waals surface area contributed by atoms with Gasteiger partial charge in [0.2, 0.25) is 5.82 Å². The molecule has 0 spiro atoms. The minimum atomic E-state index is -0.661. The van der Waals surface area contributed by atoms with Crippen LogP contribution in [0.4, 0.5) is 11.5 Å². The maximum absolute atomic E-state index is 11.7. The van der Waals surface area contributed by atoms with Crippen molar-refractivity contribution in [3.05, 3.63) is 45.4 Å². The Morgan fingerprint density at radius 3 is 2.83 bits per heavy atom. The molecule has 0 aliphatic carbocycles. The summed E-state index contributed by atoms with van der Waals surface area (Å²) in [7, 11) is 0. The van der Waals surface area contributed by atoms with Crippen LogP contribution in [0, 0.1) is 10.1 Å². The zero-order chi connectivity index (χ0) is 13.1. The first-order valence-electron chi connectivity index (χ1n) is 4.69. The van der Waals surface area contributed by atoms with Crippen LogP contribution in [-0.4, -0.2) is 26.0 Å². The smallest absolute Gasteiger partial charge is 0.299 e. The zero-order valence-electron chi connectivity index (χ0n) is 8.75. The monoisotopic (exact) mass is 267 g/mol. The average molecular weight is 268 g/mol. The summed E-state index contributed by atoms with van der Waals surface area (Å²) in [6, 6.07) is 3.86. The van der Waals surface area contributed by atoms with Gasteiger partial charge in [-0.05, 0) is 12.1 Å². The minimum absolute atomic E-state index is 0.0421. The predicted molar refractivity (Wildman–Crippen MR) is 62.4 cm³/mol. The van der Waals surface area contributed by atoms with E-state index in [0.29, 0.717) is 0 Å². The highest BCUT2D eigenvalue weighted by atomic mass is 35.5. The van der Waals surface area contributed by atoms with Gasteiger partial charge in [-0.2, -0.15) is 5.10 Å². The second-order valence-electron chi connectivity index (χ2n) is 3.18. The predicted octanol–water partition coefficient (Wildman–Crippen LogP) is 1.62. The standard InChI is InChI=1S/C9H6ClN5O3/c10-7-2-1-6(15(17)18)8(12-7)13-9(16)5-3-4-11-14-5/h1-4H,(H,11,14)(H,12,13,16). The van der Waals surface area contributed by atoms with Gasteiger partial charge in [-0.25, -0.2) is 4.98 Å². The minimum Gasteiger partial charge on any atom is -0.299 e. The molecule has 0 saturated carbocycles. The first-order valence-corrected chi connectivity index (χ1v) is 5.07. The zero-order valence-corrected chi connectivity index (χ0v) is 9.51. The van der Waals surface area contributed by atoms with Crippen LogP contribution in [0.1, 0.15) is 10.5 Å². The van der Waals surface area contributed by atoms with Crippen molar-refractivity contribution in [1.29, 1.82) is 0 Å². The number of aromatic nitrogens is 3. The summed E-state index contributed by atoms with van der Waals surface area (Å²) in [5, 5.41) is 19.1. The lowest BCUT2D eigenvalue weighted by Crippen LogP contribution is -2.14. The molecule has 0 saturated heterocycles. The van der Waals surface area contributed by atoms with E-state index in [4.69, 9.17) is 11.6 Å². The lowest BCUT2D eigenvalue weighted by molar-refractivity contribution is -0.384. The summed E-state index contributed by atoms with van der Waals surface area (Å²) in [6.07, 6.45) is 1.38. The van der Waals surface area contributed by atoms with E-state index in [-0.39, 0.29) is 22.4 Å². The van der Waals surface area contributed by atoms with Crippen molar-refractivity contribution in [3.63, 3.8) is 0 Å². The molecule has 2 aromatic heterocycles. The average Bonchev–Trinajstić information content (AvgIpc) is 2.81. The summed E-state index contributed by atoms with van der Waals surface area (Å²) < 4.78 is 0. The number of anilines is 1. The van der Waals surface area contributed by atoms with Crippen molar-refractivity contribution in [2.75, 3.05) is 5.32 Å². The highest BCUT2D eigenvalue weighted by Gasteiger charge is 2.19. The van der Waals surface area contributed by atoms with Gasteiger partial charge in [-0.15, -0.1) is 0 Å². The maximum atomic E-state index is 11.7. The second kappa shape index (κ2) is 4.80. The van der Waals surface area contributed by atoms with Crippen molar-refractivity contribution in [1.82, 2.24) is 15.2 Å². The summed E-state index contributed by atoms with van der Waals surface area (Å²) in [5.74, 6) is -0.808. The second-order valence-corrected chi connectivity index (χ2v) is 3.57. The molecule has 8 nitrogen and oxygen atoms in total. The van der Waals surface area contributed by atoms with Gasteiger partial charge in [0.25, 0.3) is 5.91 Å². The molecule has 0 aliphatic rings. The number of amides is 1. The molecule has 0 radical (unpaired) electrons. The van der Waals surface area contributed by atoms with Crippen LogP contribution < -0.4 is 5.32 Å². The molecule has 0 unspecified atom stereocenters. The van der Waals surface area contributed by atoms with E-state index in [0.717, 1.165) is 6.07 Å². The van der Waals surface area contributed by atoms with E-state index < -0.39 is 10.8 Å². The number of H-pyrrole nitrogens is 1. The third-order valence-corrected chi connectivity index (χ3v) is 2.22. The van der Waals surface area contributed by atoms with Crippen molar-refractivity contribution < 1.29 is 9.72 Å². The Hall–Kier alpha value is -2.48. The lowest BCUT2D eigenvalue weighted by atomic mass is 10.3. The molecular formula is C9H6ClN5O3. The molecule has 0 fully saturated rings. The molecule has 2 rings (SSSR count). The van der Waals surface area contributed by atoms with Crippen LogP contribution in [-0.2, 0) is 0 Å². The Kier molecular flexibility index (Phi) is 3.20. The third kappa shape index (κ3) is 2.43. The number of rotatable bonds is 3. The van der Waals surface area contributed by atoms with Crippen LogP contribution >= 0.6 is 11.6 Å². The van der Waals surface area contributed by atoms with Crippen molar-refractivity contribution in [2.24, 2.45) is 0 Å². The molecule has 0 aliphatic heterocycles. The number of nitro groups is 1. The lowest BCUT2D eigenvalue weighted by Gasteiger charge is -2.03. The number of hydrogen-bond acceptors (Lipinski definition) is 5. The molecule has 9 heteroatoms. The Labute approximate surface area is 105 Å². The van der Waals surface area contributed by atoms with Gasteiger partial charge in [-0.3, -0.25) is 25.3 Å². The van der Waals surface area contributed by atoms with Gasteiger partial charge < -0.3 is 0 Å². The number of pyridine rings is 1. The van der Waals surface area contributed by atoms with Crippen LogP contribution in [0.5, 0.6) is 0 Å². The van der Waals surface area contributed by atoms with Gasteiger partial charge >= 0.3 is 5.69 Å². The van der Waals surface area contributed by atoms with Gasteiger partial charge in [0.1, 0.15) is 10.8 Å². The molecule has 18 heavy (non-hydrogen) atoms. The van der Waals surface area contributed by atoms with E-state index in [2.05, 4.69) is 20.5 Å². The number of carbonyl (C=O) groups excluding carboxylic acids is 1. The number of carbonyl (C=O) groups is 1. The molecule has 2 aromatic rings. The SMILES string of the molecule is O=C(Nc1nc(Cl)ccc1[N+](=O)[O-])c1ccn[nH]1. The Morgan fingerprint density at radius 1 is 1.44 bits per heavy atom. The fourth-order valence-corrected chi connectivity index (χ4v) is 1.37. The quantitative estimate of drug-likeness (QED) is 0.498. The first kappa shape index (κ1) is 12.0. The number of nitrogens with one attached hydrogen (secondary N) is 2. The molecule has 2 heterocycles. The molecule has 0 atom stereocenters. The fraction of sp³-hybridized carbons (Fsp3) is 0. The van der Waals surface area contributed by atoms with Gasteiger partial charge in [0.05, 0.1) is 4.92 Å². The molecule has 92 valence electrons. The highest BCUT2D eigenvalue weighted by Crippen LogP contribution is 2.24. The van der Waals surface area contributed by atoms with Crippen LogP contribution in [0.25, 0.3) is 0 Å². The molecule has 2 N–H and O–H groups in total. The number of aromatic amines is 1. The van der Waals surface area contributed by atoms with E-state index in [1.165, 1.54) is 18.3 Å². The molecule has 0 aromatic carbocycles. The van der Waals surface area contributed by atoms with E-state index in [1.807, 2.05) is 0 Å². The van der Waals surface area contributed by atoms with Crippen molar-refractivity contribution >= 4 is 29.0 Å². The summed E-state index contributed by atoms with van der Waals surface area (Å²) >= 11 is 5.62. The summed E-state index contributed by atoms with van der Waals surface area (Å²) in [6.45, 7) is 0. The van der Waals surface area contributed by atoms with Gasteiger partial charge in [0.15, 0.2) is 0 Å². The molecule has 0 bridgehead atoms. The Bertz CT molecular complexity index is 598. The van der Waals surface area contributed by atoms with Gasteiger partial charge in [-0.1, -0.05) is 11.6 Å². The third-order valence-electron chi connectivity index (χ3n) is 2.01. The topological polar surface area (TPSA) is 114 Å². The maximum Gasteiger partial charge on any atom is 0.311 e. The van der Waals surface area contributed by atoms with Crippen LogP contribution in [0.2, 0.25) is 5.15 Å². The molecule has 1 amide bonds. The van der Waals surface area contributed by atoms with Crippen LogP contribution in [0.3, 0.4) is 0 Å². The fourth-order valence-electron chi connectivity index (χ4n) is 1.22. The van der Waals surface area contributed by atoms with Crippen molar-refractivity contribution in [2.45, 2.75) is 0 Å². The first-order chi connectivity index (χ1) is 8.58. The summed E-state index contributed by atoms with van der Waals surface area (Å²) in [5.41, 5.74) is -0.182. The van der Waals surface area contributed by atoms with E-state index >= 15 is 0 Å². The Balaban J connectivity index is 2.31.